The molecule has 90 valence electrons. The Kier molecular flexibility index (Phi) is 3.54. The molecular weight excluding hydrogens is 263 g/mol. The van der Waals surface area contributed by atoms with Gasteiger partial charge in [0, 0.05) is 6.04 Å². The molecule has 0 spiro atoms. The van der Waals surface area contributed by atoms with Crippen molar-refractivity contribution in [2.24, 2.45) is 0 Å². The molecule has 0 saturated heterocycles. The van der Waals surface area contributed by atoms with Crippen LogP contribution in [0.1, 0.15) is 23.2 Å². The SMILES string of the molecule is O=C(NC(=O)c1c(Cl)cccc1Cl)NC1CC1. The number of hydrogen-bond acceptors (Lipinski definition) is 2. The minimum Gasteiger partial charge on any atom is -0.335 e. The topological polar surface area (TPSA) is 58.2 Å². The highest BCUT2D eigenvalue weighted by atomic mass is 35.5. The summed E-state index contributed by atoms with van der Waals surface area (Å²) in [5, 5.41) is 5.26. The van der Waals surface area contributed by atoms with E-state index in [0.29, 0.717) is 0 Å². The number of nitrogens with one attached hydrogen (secondary N) is 2. The van der Waals surface area contributed by atoms with Crippen LogP contribution in [0.4, 0.5) is 4.79 Å². The van der Waals surface area contributed by atoms with Gasteiger partial charge in [0.2, 0.25) is 0 Å². The molecule has 0 radical (unpaired) electrons. The van der Waals surface area contributed by atoms with E-state index < -0.39 is 11.9 Å². The predicted molar refractivity (Wildman–Crippen MR) is 65.5 cm³/mol. The molecule has 1 aromatic rings. The molecule has 1 fully saturated rings. The Morgan fingerprint density at radius 1 is 1.18 bits per heavy atom. The molecule has 0 aliphatic heterocycles. The van der Waals surface area contributed by atoms with Gasteiger partial charge in [-0.2, -0.15) is 0 Å². The first-order valence-corrected chi connectivity index (χ1v) is 5.89. The number of imide groups is 1. The number of hydrogen-bond donors (Lipinski definition) is 2. The van der Waals surface area contributed by atoms with Crippen molar-refractivity contribution in [2.75, 3.05) is 0 Å². The molecular formula is C11H10Cl2N2O2. The quantitative estimate of drug-likeness (QED) is 0.870. The number of amides is 3. The van der Waals surface area contributed by atoms with Crippen molar-refractivity contribution in [2.45, 2.75) is 18.9 Å². The van der Waals surface area contributed by atoms with Gasteiger partial charge < -0.3 is 5.32 Å². The van der Waals surface area contributed by atoms with E-state index in [1.807, 2.05) is 0 Å². The average Bonchev–Trinajstić information content (AvgIpc) is 3.00. The Balaban J connectivity index is 2.05. The molecule has 0 heterocycles. The highest BCUT2D eigenvalue weighted by Crippen LogP contribution is 2.24. The van der Waals surface area contributed by atoms with Crippen LogP contribution < -0.4 is 10.6 Å². The molecule has 2 N–H and O–H groups in total. The van der Waals surface area contributed by atoms with E-state index in [0.717, 1.165) is 12.8 Å². The lowest BCUT2D eigenvalue weighted by Crippen LogP contribution is -2.40. The summed E-state index contributed by atoms with van der Waals surface area (Å²) in [6, 6.07) is 4.38. The number of halogens is 2. The van der Waals surface area contributed by atoms with Crippen molar-refractivity contribution in [3.05, 3.63) is 33.8 Å². The van der Waals surface area contributed by atoms with Crippen LogP contribution in [0.15, 0.2) is 18.2 Å². The molecule has 17 heavy (non-hydrogen) atoms. The second-order valence-electron chi connectivity index (χ2n) is 3.80. The van der Waals surface area contributed by atoms with Crippen molar-refractivity contribution >= 4 is 35.1 Å². The molecule has 3 amide bonds. The molecule has 0 bridgehead atoms. The molecule has 1 aliphatic rings. The first kappa shape index (κ1) is 12.2. The van der Waals surface area contributed by atoms with E-state index in [1.54, 1.807) is 18.2 Å². The Bertz CT molecular complexity index is 452. The molecule has 1 aliphatic carbocycles. The number of benzene rings is 1. The van der Waals surface area contributed by atoms with Crippen LogP contribution in [0.25, 0.3) is 0 Å². The minimum absolute atomic E-state index is 0.113. The zero-order chi connectivity index (χ0) is 12.4. The van der Waals surface area contributed by atoms with E-state index >= 15 is 0 Å². The molecule has 1 saturated carbocycles. The Hall–Kier alpha value is -1.26. The maximum absolute atomic E-state index is 11.8. The zero-order valence-corrected chi connectivity index (χ0v) is 10.3. The van der Waals surface area contributed by atoms with Crippen LogP contribution in [-0.4, -0.2) is 18.0 Å². The second-order valence-corrected chi connectivity index (χ2v) is 4.61. The van der Waals surface area contributed by atoms with Crippen molar-refractivity contribution in [3.8, 4) is 0 Å². The maximum Gasteiger partial charge on any atom is 0.321 e. The third-order valence-electron chi connectivity index (χ3n) is 2.33. The average molecular weight is 273 g/mol. The van der Waals surface area contributed by atoms with E-state index in [9.17, 15) is 9.59 Å². The lowest BCUT2D eigenvalue weighted by Gasteiger charge is -2.08. The minimum atomic E-state index is -0.598. The van der Waals surface area contributed by atoms with E-state index in [2.05, 4.69) is 10.6 Å². The summed E-state index contributed by atoms with van der Waals surface area (Å²) in [7, 11) is 0. The third-order valence-corrected chi connectivity index (χ3v) is 2.96. The smallest absolute Gasteiger partial charge is 0.321 e. The van der Waals surface area contributed by atoms with Crippen molar-refractivity contribution in [3.63, 3.8) is 0 Å². The van der Waals surface area contributed by atoms with Crippen LogP contribution >= 0.6 is 23.2 Å². The van der Waals surface area contributed by atoms with Crippen molar-refractivity contribution in [1.82, 2.24) is 10.6 Å². The van der Waals surface area contributed by atoms with Crippen molar-refractivity contribution in [1.29, 1.82) is 0 Å². The summed E-state index contributed by atoms with van der Waals surface area (Å²) in [5.41, 5.74) is 0.113. The summed E-state index contributed by atoms with van der Waals surface area (Å²) in [6.45, 7) is 0. The molecule has 0 aromatic heterocycles. The van der Waals surface area contributed by atoms with E-state index in [-0.39, 0.29) is 21.7 Å². The van der Waals surface area contributed by atoms with Crippen LogP contribution in [0.2, 0.25) is 10.0 Å². The lowest BCUT2D eigenvalue weighted by atomic mass is 10.2. The fraction of sp³-hybridized carbons (Fsp3) is 0.273. The summed E-state index contributed by atoms with van der Waals surface area (Å²) in [5.74, 6) is -0.598. The first-order valence-electron chi connectivity index (χ1n) is 5.14. The molecule has 0 unspecified atom stereocenters. The maximum atomic E-state index is 11.8. The van der Waals surface area contributed by atoms with Crippen LogP contribution in [0, 0.1) is 0 Å². The first-order chi connectivity index (χ1) is 8.08. The standard InChI is InChI=1S/C11H10Cl2N2O2/c12-7-2-1-3-8(13)9(7)10(16)15-11(17)14-6-4-5-6/h1-3,6H,4-5H2,(H2,14,15,16,17). The highest BCUT2D eigenvalue weighted by molar-refractivity contribution is 6.40. The molecule has 2 rings (SSSR count). The van der Waals surface area contributed by atoms with E-state index in [4.69, 9.17) is 23.2 Å². The van der Waals surface area contributed by atoms with E-state index in [1.165, 1.54) is 0 Å². The molecule has 6 heteroatoms. The number of rotatable bonds is 2. The van der Waals surface area contributed by atoms with Gasteiger partial charge in [0.1, 0.15) is 0 Å². The summed E-state index contributed by atoms with van der Waals surface area (Å²) < 4.78 is 0. The molecule has 1 aromatic carbocycles. The lowest BCUT2D eigenvalue weighted by molar-refractivity contribution is 0.0964. The van der Waals surface area contributed by atoms with Gasteiger partial charge >= 0.3 is 6.03 Å². The van der Waals surface area contributed by atoms with Crippen LogP contribution in [0.3, 0.4) is 0 Å². The molecule has 0 atom stereocenters. The van der Waals surface area contributed by atoms with Gasteiger partial charge in [-0.3, -0.25) is 10.1 Å². The Morgan fingerprint density at radius 3 is 2.29 bits per heavy atom. The van der Waals surface area contributed by atoms with Gasteiger partial charge in [-0.15, -0.1) is 0 Å². The number of carbonyl (C=O) groups is 2. The monoisotopic (exact) mass is 272 g/mol. The fourth-order valence-electron chi connectivity index (χ4n) is 1.33. The van der Waals surface area contributed by atoms with Gasteiger partial charge in [0.15, 0.2) is 0 Å². The van der Waals surface area contributed by atoms with Gasteiger partial charge in [0.05, 0.1) is 15.6 Å². The summed E-state index contributed by atoms with van der Waals surface area (Å²) >= 11 is 11.7. The second kappa shape index (κ2) is 4.94. The normalized spacial score (nSPS) is 14.2. The zero-order valence-electron chi connectivity index (χ0n) is 8.80. The van der Waals surface area contributed by atoms with Gasteiger partial charge in [-0.1, -0.05) is 29.3 Å². The van der Waals surface area contributed by atoms with Crippen molar-refractivity contribution < 1.29 is 9.59 Å². The Labute approximate surface area is 108 Å². The third kappa shape index (κ3) is 3.11. The number of carbonyl (C=O) groups excluding carboxylic acids is 2. The highest BCUT2D eigenvalue weighted by Gasteiger charge is 2.25. The van der Waals surface area contributed by atoms with Gasteiger partial charge in [-0.05, 0) is 25.0 Å². The number of urea groups is 1. The molecule has 4 nitrogen and oxygen atoms in total. The van der Waals surface area contributed by atoms with Crippen LogP contribution in [0.5, 0.6) is 0 Å². The Morgan fingerprint density at radius 2 is 1.76 bits per heavy atom. The summed E-state index contributed by atoms with van der Waals surface area (Å²) in [4.78, 5) is 23.1. The summed E-state index contributed by atoms with van der Waals surface area (Å²) in [6.07, 6.45) is 1.91. The van der Waals surface area contributed by atoms with Gasteiger partial charge in [-0.25, -0.2) is 4.79 Å². The van der Waals surface area contributed by atoms with Crippen LogP contribution in [-0.2, 0) is 0 Å². The largest absolute Gasteiger partial charge is 0.335 e. The fourth-order valence-corrected chi connectivity index (χ4v) is 1.90. The predicted octanol–water partition coefficient (Wildman–Crippen LogP) is 2.60. The van der Waals surface area contributed by atoms with Gasteiger partial charge in [0.25, 0.3) is 5.91 Å².